The Morgan fingerprint density at radius 1 is 1.65 bits per heavy atom. The van der Waals surface area contributed by atoms with Crippen LogP contribution in [0.5, 0.6) is 5.88 Å². The van der Waals surface area contributed by atoms with E-state index in [1.165, 1.54) is 7.11 Å². The smallest absolute Gasteiger partial charge is 0.304 e. The molecule has 1 aromatic heterocycles. The molecule has 2 unspecified atom stereocenters. The van der Waals surface area contributed by atoms with E-state index in [1.807, 2.05) is 0 Å². The zero-order valence-electron chi connectivity index (χ0n) is 9.75. The number of pyridine rings is 1. The molecule has 0 aliphatic carbocycles. The third-order valence-electron chi connectivity index (χ3n) is 2.25. The number of aliphatic carboxylic acids is 1. The Balaban J connectivity index is 2.70. The van der Waals surface area contributed by atoms with Crippen molar-refractivity contribution in [1.29, 1.82) is 0 Å². The van der Waals surface area contributed by atoms with Crippen molar-refractivity contribution in [2.24, 2.45) is 0 Å². The zero-order chi connectivity index (χ0) is 12.8. The summed E-state index contributed by atoms with van der Waals surface area (Å²) in [6.07, 6.45) is 1.49. The molecular formula is C11H15NO4S. The number of nitrogens with zero attached hydrogens (tertiary/aromatic N) is 1. The summed E-state index contributed by atoms with van der Waals surface area (Å²) in [5.74, 6) is -0.252. The Morgan fingerprint density at radius 3 is 2.94 bits per heavy atom. The maximum atomic E-state index is 11.9. The largest absolute Gasteiger partial charge is 0.481 e. The Morgan fingerprint density at radius 2 is 2.35 bits per heavy atom. The van der Waals surface area contributed by atoms with E-state index in [-0.39, 0.29) is 12.2 Å². The van der Waals surface area contributed by atoms with Gasteiger partial charge in [-0.25, -0.2) is 4.98 Å². The van der Waals surface area contributed by atoms with Crippen molar-refractivity contribution < 1.29 is 18.8 Å². The van der Waals surface area contributed by atoms with Gasteiger partial charge in [-0.3, -0.25) is 9.00 Å². The zero-order valence-corrected chi connectivity index (χ0v) is 10.6. The Labute approximate surface area is 102 Å². The van der Waals surface area contributed by atoms with Crippen molar-refractivity contribution >= 4 is 16.8 Å². The van der Waals surface area contributed by atoms with Crippen LogP contribution in [-0.4, -0.2) is 32.6 Å². The lowest BCUT2D eigenvalue weighted by atomic mass is 10.3. The Bertz CT molecular complexity index is 422. The van der Waals surface area contributed by atoms with Gasteiger partial charge in [-0.05, 0) is 6.07 Å². The van der Waals surface area contributed by atoms with Gasteiger partial charge in [0.25, 0.3) is 0 Å². The predicted molar refractivity (Wildman–Crippen MR) is 64.4 cm³/mol. The third-order valence-corrected chi connectivity index (χ3v) is 3.91. The molecule has 17 heavy (non-hydrogen) atoms. The number of carbonyl (C=O) groups is 1. The molecule has 2 atom stereocenters. The summed E-state index contributed by atoms with van der Waals surface area (Å²) in [6, 6.07) is 3.51. The van der Waals surface area contributed by atoms with E-state index in [9.17, 15) is 9.00 Å². The van der Waals surface area contributed by atoms with Gasteiger partial charge < -0.3 is 9.84 Å². The summed E-state index contributed by atoms with van der Waals surface area (Å²) in [4.78, 5) is 14.5. The topological polar surface area (TPSA) is 76.5 Å². The first-order valence-electron chi connectivity index (χ1n) is 5.11. The van der Waals surface area contributed by atoms with E-state index in [2.05, 4.69) is 4.98 Å². The molecule has 0 aliphatic heterocycles. The fourth-order valence-electron chi connectivity index (χ4n) is 1.35. The fraction of sp³-hybridized carbons (Fsp3) is 0.455. The minimum atomic E-state index is -1.25. The Kier molecular flexibility index (Phi) is 5.09. The highest BCUT2D eigenvalue weighted by Crippen LogP contribution is 2.17. The lowest BCUT2D eigenvalue weighted by Crippen LogP contribution is -2.17. The molecule has 1 aromatic rings. The average molecular weight is 257 g/mol. The van der Waals surface area contributed by atoms with Gasteiger partial charge in [-0.15, -0.1) is 0 Å². The van der Waals surface area contributed by atoms with E-state index < -0.39 is 22.0 Å². The van der Waals surface area contributed by atoms with Gasteiger partial charge in [-0.2, -0.15) is 0 Å². The molecule has 0 aliphatic rings. The number of rotatable bonds is 6. The molecule has 0 radical (unpaired) electrons. The highest BCUT2D eigenvalue weighted by atomic mass is 32.2. The SMILES string of the molecule is COc1ncccc1CS(=O)C(C)CC(=O)O. The lowest BCUT2D eigenvalue weighted by molar-refractivity contribution is -0.136. The number of hydrogen-bond donors (Lipinski definition) is 1. The molecule has 0 fully saturated rings. The van der Waals surface area contributed by atoms with Crippen LogP contribution in [0.25, 0.3) is 0 Å². The number of ether oxygens (including phenoxy) is 1. The summed E-state index contributed by atoms with van der Waals surface area (Å²) in [5, 5.41) is 8.24. The quantitative estimate of drug-likeness (QED) is 0.828. The van der Waals surface area contributed by atoms with E-state index >= 15 is 0 Å². The summed E-state index contributed by atoms with van der Waals surface area (Å²) in [7, 11) is 0.246. The van der Waals surface area contributed by atoms with Crippen molar-refractivity contribution in [2.45, 2.75) is 24.3 Å². The molecule has 0 bridgehead atoms. The summed E-state index contributed by atoms with van der Waals surface area (Å²) < 4.78 is 16.9. The van der Waals surface area contributed by atoms with E-state index in [0.717, 1.165) is 5.56 Å². The number of methoxy groups -OCH3 is 1. The summed E-state index contributed by atoms with van der Waals surface area (Å²) in [6.45, 7) is 1.66. The molecule has 0 aromatic carbocycles. The number of carboxylic acid groups (broad SMARTS) is 1. The molecule has 0 amide bonds. The van der Waals surface area contributed by atoms with Crippen LogP contribution < -0.4 is 4.74 Å². The van der Waals surface area contributed by atoms with Gasteiger partial charge in [0, 0.05) is 27.8 Å². The second-order valence-electron chi connectivity index (χ2n) is 3.61. The molecule has 0 spiro atoms. The third kappa shape index (κ3) is 4.14. The minimum Gasteiger partial charge on any atom is -0.481 e. The van der Waals surface area contributed by atoms with Crippen LogP contribution in [0.3, 0.4) is 0 Å². The van der Waals surface area contributed by atoms with Crippen LogP contribution >= 0.6 is 0 Å². The molecule has 0 saturated carbocycles. The molecule has 0 saturated heterocycles. The van der Waals surface area contributed by atoms with Gasteiger partial charge in [-0.1, -0.05) is 13.0 Å². The first-order chi connectivity index (χ1) is 8.04. The molecule has 6 heteroatoms. The van der Waals surface area contributed by atoms with E-state index in [0.29, 0.717) is 5.88 Å². The van der Waals surface area contributed by atoms with Crippen molar-refractivity contribution in [3.8, 4) is 5.88 Å². The first-order valence-corrected chi connectivity index (χ1v) is 6.49. The van der Waals surface area contributed by atoms with Crippen molar-refractivity contribution in [1.82, 2.24) is 4.98 Å². The van der Waals surface area contributed by atoms with Crippen molar-refractivity contribution in [2.75, 3.05) is 7.11 Å². The van der Waals surface area contributed by atoms with Crippen LogP contribution in [0, 0.1) is 0 Å². The van der Waals surface area contributed by atoms with Gasteiger partial charge in [0.2, 0.25) is 5.88 Å². The van der Waals surface area contributed by atoms with Gasteiger partial charge >= 0.3 is 5.97 Å². The molecule has 94 valence electrons. The minimum absolute atomic E-state index is 0.102. The number of aromatic nitrogens is 1. The normalized spacial score (nSPS) is 14.0. The number of carboxylic acids is 1. The highest BCUT2D eigenvalue weighted by molar-refractivity contribution is 7.84. The van der Waals surface area contributed by atoms with Crippen LogP contribution in [0.4, 0.5) is 0 Å². The summed E-state index contributed by atoms with van der Waals surface area (Å²) >= 11 is 0. The van der Waals surface area contributed by atoms with Crippen molar-refractivity contribution in [3.63, 3.8) is 0 Å². The molecule has 1 heterocycles. The Hall–Kier alpha value is -1.43. The monoisotopic (exact) mass is 257 g/mol. The average Bonchev–Trinajstić information content (AvgIpc) is 2.28. The first kappa shape index (κ1) is 13.6. The molecule has 1 rings (SSSR count). The van der Waals surface area contributed by atoms with Gasteiger partial charge in [0.05, 0.1) is 19.3 Å². The van der Waals surface area contributed by atoms with Gasteiger partial charge in [0.1, 0.15) is 0 Å². The van der Waals surface area contributed by atoms with Crippen LogP contribution in [0.2, 0.25) is 0 Å². The molecule has 5 nitrogen and oxygen atoms in total. The second kappa shape index (κ2) is 6.34. The van der Waals surface area contributed by atoms with Crippen LogP contribution in [0.1, 0.15) is 18.9 Å². The predicted octanol–water partition coefficient (Wildman–Crippen LogP) is 1.20. The molecular weight excluding hydrogens is 242 g/mol. The molecule has 1 N–H and O–H groups in total. The maximum absolute atomic E-state index is 11.9. The number of hydrogen-bond acceptors (Lipinski definition) is 4. The maximum Gasteiger partial charge on any atom is 0.304 e. The van der Waals surface area contributed by atoms with Crippen molar-refractivity contribution in [3.05, 3.63) is 23.9 Å². The standard InChI is InChI=1S/C11H15NO4S/c1-8(6-10(13)14)17(15)7-9-4-3-5-12-11(9)16-2/h3-5,8H,6-7H2,1-2H3,(H,13,14). The lowest BCUT2D eigenvalue weighted by Gasteiger charge is -2.10. The summed E-state index contributed by atoms with van der Waals surface area (Å²) in [5.41, 5.74) is 0.727. The van der Waals surface area contributed by atoms with Crippen LogP contribution in [-0.2, 0) is 21.3 Å². The van der Waals surface area contributed by atoms with E-state index in [4.69, 9.17) is 9.84 Å². The highest BCUT2D eigenvalue weighted by Gasteiger charge is 2.17. The van der Waals surface area contributed by atoms with E-state index in [1.54, 1.807) is 25.3 Å². The second-order valence-corrected chi connectivity index (χ2v) is 5.46. The fourth-order valence-corrected chi connectivity index (χ4v) is 2.49. The van der Waals surface area contributed by atoms with Gasteiger partial charge in [0.15, 0.2) is 0 Å². The van der Waals surface area contributed by atoms with Crippen LogP contribution in [0.15, 0.2) is 18.3 Å².